The Bertz CT molecular complexity index is 431. The van der Waals surface area contributed by atoms with Crippen molar-refractivity contribution in [3.8, 4) is 0 Å². The van der Waals surface area contributed by atoms with E-state index in [1.165, 1.54) is 12.8 Å². The van der Waals surface area contributed by atoms with E-state index >= 15 is 0 Å². The second-order valence-corrected chi connectivity index (χ2v) is 3.27. The van der Waals surface area contributed by atoms with Gasteiger partial charge in [0.25, 0.3) is 0 Å². The van der Waals surface area contributed by atoms with Crippen LogP contribution in [0.2, 0.25) is 0 Å². The molecule has 0 atom stereocenters. The molecule has 2 N–H and O–H groups in total. The van der Waals surface area contributed by atoms with Gasteiger partial charge in [0.1, 0.15) is 12.1 Å². The molecule has 0 radical (unpaired) electrons. The van der Waals surface area contributed by atoms with Crippen molar-refractivity contribution in [1.82, 2.24) is 20.2 Å². The molecule has 0 amide bonds. The van der Waals surface area contributed by atoms with Crippen LogP contribution in [0.3, 0.4) is 0 Å². The summed E-state index contributed by atoms with van der Waals surface area (Å²) in [6.07, 6.45) is 5.78. The van der Waals surface area contributed by atoms with E-state index in [0.717, 1.165) is 16.9 Å². The Morgan fingerprint density at radius 2 is 2.31 bits per heavy atom. The quantitative estimate of drug-likeness (QED) is 0.712. The summed E-state index contributed by atoms with van der Waals surface area (Å²) in [5, 5.41) is 11.0. The molecule has 13 heavy (non-hydrogen) atoms. The number of hydrogen-bond acceptors (Lipinski definition) is 4. The zero-order valence-electron chi connectivity index (χ0n) is 6.99. The molecule has 5 nitrogen and oxygen atoms in total. The number of hydrogen-bond donors (Lipinski definition) is 2. The molecule has 66 valence electrons. The van der Waals surface area contributed by atoms with Gasteiger partial charge in [-0.25, -0.2) is 9.97 Å². The normalized spacial score (nSPS) is 16.3. The third kappa shape index (κ3) is 1.12. The van der Waals surface area contributed by atoms with Gasteiger partial charge < -0.3 is 5.32 Å². The smallest absolute Gasteiger partial charge is 0.160 e. The first-order chi connectivity index (χ1) is 6.43. The van der Waals surface area contributed by atoms with E-state index in [0.29, 0.717) is 6.04 Å². The standard InChI is InChI=1S/C8H9N5/c1-2-5(1)12-7-6-3-11-13-8(6)10-4-9-7/h3-5H,1-2H2,(H2,9,10,11,12,13). The molecular formula is C8H9N5. The van der Waals surface area contributed by atoms with E-state index in [-0.39, 0.29) is 0 Å². The maximum Gasteiger partial charge on any atom is 0.160 e. The average Bonchev–Trinajstić information content (AvgIpc) is 2.83. The predicted octanol–water partition coefficient (Wildman–Crippen LogP) is 0.927. The molecule has 1 saturated carbocycles. The Labute approximate surface area is 74.6 Å². The summed E-state index contributed by atoms with van der Waals surface area (Å²) in [7, 11) is 0. The number of nitrogens with zero attached hydrogens (tertiary/aromatic N) is 3. The van der Waals surface area contributed by atoms with Crippen molar-refractivity contribution in [3.05, 3.63) is 12.5 Å². The van der Waals surface area contributed by atoms with Gasteiger partial charge in [-0.05, 0) is 12.8 Å². The minimum absolute atomic E-state index is 0.605. The van der Waals surface area contributed by atoms with Gasteiger partial charge in [0.15, 0.2) is 5.65 Å². The van der Waals surface area contributed by atoms with Gasteiger partial charge in [0.2, 0.25) is 0 Å². The summed E-state index contributed by atoms with van der Waals surface area (Å²) in [6.45, 7) is 0. The highest BCUT2D eigenvalue weighted by Gasteiger charge is 2.22. The first-order valence-corrected chi connectivity index (χ1v) is 4.34. The molecule has 0 bridgehead atoms. The zero-order valence-corrected chi connectivity index (χ0v) is 6.99. The van der Waals surface area contributed by atoms with Crippen molar-refractivity contribution < 1.29 is 0 Å². The fourth-order valence-corrected chi connectivity index (χ4v) is 1.30. The molecule has 2 aromatic rings. The number of anilines is 1. The molecule has 0 spiro atoms. The molecule has 2 heterocycles. The first-order valence-electron chi connectivity index (χ1n) is 4.34. The molecule has 0 saturated heterocycles. The molecule has 1 aliphatic carbocycles. The molecular weight excluding hydrogens is 166 g/mol. The monoisotopic (exact) mass is 175 g/mol. The SMILES string of the molecule is c1nc(NC2CC2)c2cn[nH]c2n1. The molecule has 3 rings (SSSR count). The zero-order chi connectivity index (χ0) is 8.67. The van der Waals surface area contributed by atoms with Gasteiger partial charge in [-0.3, -0.25) is 5.10 Å². The maximum atomic E-state index is 4.18. The van der Waals surface area contributed by atoms with E-state index in [1.54, 1.807) is 12.5 Å². The lowest BCUT2D eigenvalue weighted by molar-refractivity contribution is 1.08. The van der Waals surface area contributed by atoms with Crippen molar-refractivity contribution in [2.45, 2.75) is 18.9 Å². The van der Waals surface area contributed by atoms with Crippen LogP contribution in [0.1, 0.15) is 12.8 Å². The highest BCUT2D eigenvalue weighted by molar-refractivity contribution is 5.85. The summed E-state index contributed by atoms with van der Waals surface area (Å²) in [5.74, 6) is 0.890. The van der Waals surface area contributed by atoms with Crippen molar-refractivity contribution in [2.75, 3.05) is 5.32 Å². The highest BCUT2D eigenvalue weighted by Crippen LogP contribution is 2.26. The van der Waals surface area contributed by atoms with Crippen molar-refractivity contribution in [3.63, 3.8) is 0 Å². The third-order valence-electron chi connectivity index (χ3n) is 2.17. The molecule has 1 aliphatic rings. The minimum atomic E-state index is 0.605. The van der Waals surface area contributed by atoms with E-state index in [4.69, 9.17) is 0 Å². The summed E-state index contributed by atoms with van der Waals surface area (Å²) in [5.41, 5.74) is 0.790. The Balaban J connectivity index is 2.09. The van der Waals surface area contributed by atoms with E-state index in [2.05, 4.69) is 25.5 Å². The molecule has 5 heteroatoms. The van der Waals surface area contributed by atoms with Crippen LogP contribution in [-0.4, -0.2) is 26.2 Å². The fourth-order valence-electron chi connectivity index (χ4n) is 1.30. The summed E-state index contributed by atoms with van der Waals surface area (Å²) in [6, 6.07) is 0.605. The topological polar surface area (TPSA) is 66.5 Å². The van der Waals surface area contributed by atoms with Gasteiger partial charge in [0, 0.05) is 6.04 Å². The summed E-state index contributed by atoms with van der Waals surface area (Å²) >= 11 is 0. The number of rotatable bonds is 2. The van der Waals surface area contributed by atoms with Crippen LogP contribution >= 0.6 is 0 Å². The van der Waals surface area contributed by atoms with Crippen LogP contribution in [-0.2, 0) is 0 Å². The molecule has 2 aromatic heterocycles. The fraction of sp³-hybridized carbons (Fsp3) is 0.375. The lowest BCUT2D eigenvalue weighted by Crippen LogP contribution is -2.03. The van der Waals surface area contributed by atoms with Crippen LogP contribution in [0.25, 0.3) is 11.0 Å². The molecule has 0 aliphatic heterocycles. The average molecular weight is 175 g/mol. The van der Waals surface area contributed by atoms with Crippen molar-refractivity contribution >= 4 is 16.9 Å². The van der Waals surface area contributed by atoms with Crippen LogP contribution in [0.4, 0.5) is 5.82 Å². The lowest BCUT2D eigenvalue weighted by Gasteiger charge is -2.02. The Morgan fingerprint density at radius 3 is 3.15 bits per heavy atom. The summed E-state index contributed by atoms with van der Waals surface area (Å²) < 4.78 is 0. The van der Waals surface area contributed by atoms with Gasteiger partial charge >= 0.3 is 0 Å². The van der Waals surface area contributed by atoms with Gasteiger partial charge in [0.05, 0.1) is 11.6 Å². The second kappa shape index (κ2) is 2.42. The minimum Gasteiger partial charge on any atom is -0.367 e. The van der Waals surface area contributed by atoms with E-state index in [1.807, 2.05) is 0 Å². The van der Waals surface area contributed by atoms with Crippen LogP contribution in [0, 0.1) is 0 Å². The van der Waals surface area contributed by atoms with Crippen LogP contribution in [0.15, 0.2) is 12.5 Å². The number of aromatic amines is 1. The maximum absolute atomic E-state index is 4.18. The highest BCUT2D eigenvalue weighted by atomic mass is 15.2. The van der Waals surface area contributed by atoms with E-state index in [9.17, 15) is 0 Å². The van der Waals surface area contributed by atoms with E-state index < -0.39 is 0 Å². The van der Waals surface area contributed by atoms with Crippen molar-refractivity contribution in [2.24, 2.45) is 0 Å². The molecule has 0 aromatic carbocycles. The van der Waals surface area contributed by atoms with Crippen molar-refractivity contribution in [1.29, 1.82) is 0 Å². The molecule has 0 unspecified atom stereocenters. The predicted molar refractivity (Wildman–Crippen MR) is 48.3 cm³/mol. The van der Waals surface area contributed by atoms with Crippen LogP contribution in [0.5, 0.6) is 0 Å². The second-order valence-electron chi connectivity index (χ2n) is 3.27. The largest absolute Gasteiger partial charge is 0.367 e. The number of H-pyrrole nitrogens is 1. The Kier molecular flexibility index (Phi) is 1.27. The number of aromatic nitrogens is 4. The number of fused-ring (bicyclic) bond motifs is 1. The number of nitrogens with one attached hydrogen (secondary N) is 2. The van der Waals surface area contributed by atoms with Gasteiger partial charge in [-0.2, -0.15) is 5.10 Å². The Hall–Kier alpha value is -1.65. The summed E-state index contributed by atoms with van der Waals surface area (Å²) in [4.78, 5) is 8.24. The lowest BCUT2D eigenvalue weighted by atomic mass is 10.4. The van der Waals surface area contributed by atoms with Gasteiger partial charge in [-0.1, -0.05) is 0 Å². The molecule has 1 fully saturated rings. The Morgan fingerprint density at radius 1 is 1.38 bits per heavy atom. The first kappa shape index (κ1) is 6.82. The van der Waals surface area contributed by atoms with Gasteiger partial charge in [-0.15, -0.1) is 0 Å². The third-order valence-corrected chi connectivity index (χ3v) is 2.17. The van der Waals surface area contributed by atoms with Crippen LogP contribution < -0.4 is 5.32 Å².